The van der Waals surface area contributed by atoms with Gasteiger partial charge in [-0.05, 0) is 0 Å². The van der Waals surface area contributed by atoms with Crippen molar-refractivity contribution in [3.63, 3.8) is 0 Å². The van der Waals surface area contributed by atoms with Crippen molar-refractivity contribution in [2.24, 2.45) is 0 Å². The van der Waals surface area contributed by atoms with Gasteiger partial charge in [0, 0.05) is 0 Å². The Morgan fingerprint density at radius 3 is 1.53 bits per heavy atom. The first-order valence-electron chi connectivity index (χ1n) is 4.13. The van der Waals surface area contributed by atoms with Gasteiger partial charge in [0.1, 0.15) is 0 Å². The molecule has 0 aliphatic rings. The standard InChI is InChI=1S/C6H13F4O3PS/c1-4-6(5-2,13-15(3,11)12)14(7,8,9)10/h4-5H2,1-3H3. The van der Waals surface area contributed by atoms with Crippen LogP contribution in [0.1, 0.15) is 26.7 Å². The van der Waals surface area contributed by atoms with Gasteiger partial charge in [-0.2, -0.15) is 0 Å². The summed E-state index contributed by atoms with van der Waals surface area (Å²) in [7, 11) is -12.5. The first kappa shape index (κ1) is 15.1. The van der Waals surface area contributed by atoms with Crippen molar-refractivity contribution in [1.29, 1.82) is 0 Å². The molecular weight excluding hydrogens is 259 g/mol. The van der Waals surface area contributed by atoms with E-state index in [1.807, 2.05) is 0 Å². The van der Waals surface area contributed by atoms with Gasteiger partial charge >= 0.3 is 85.6 Å². The molecule has 0 heterocycles. The summed E-state index contributed by atoms with van der Waals surface area (Å²) in [6, 6.07) is 0. The van der Waals surface area contributed by atoms with Gasteiger partial charge in [-0.1, -0.05) is 0 Å². The van der Waals surface area contributed by atoms with Crippen molar-refractivity contribution in [3.05, 3.63) is 0 Å². The van der Waals surface area contributed by atoms with E-state index in [9.17, 15) is 25.2 Å². The van der Waals surface area contributed by atoms with Gasteiger partial charge in [-0.25, -0.2) is 0 Å². The van der Waals surface area contributed by atoms with Crippen LogP contribution in [0.2, 0.25) is 0 Å². The number of hydrogen-bond acceptors (Lipinski definition) is 3. The Bertz CT molecular complexity index is 321. The minimum atomic E-state index is -8.12. The Morgan fingerprint density at radius 1 is 1.13 bits per heavy atom. The molecule has 0 saturated heterocycles. The summed E-state index contributed by atoms with van der Waals surface area (Å²) in [5.41, 5.74) is 0. The summed E-state index contributed by atoms with van der Waals surface area (Å²) < 4.78 is 76.0. The molecule has 15 heavy (non-hydrogen) atoms. The molecule has 0 atom stereocenters. The molecule has 0 spiro atoms. The Balaban J connectivity index is 5.46. The van der Waals surface area contributed by atoms with Crippen LogP contribution < -0.4 is 0 Å². The van der Waals surface area contributed by atoms with Crippen LogP contribution in [-0.4, -0.2) is 20.0 Å². The minimum absolute atomic E-state index is 0.467. The fourth-order valence-electron chi connectivity index (χ4n) is 1.18. The topological polar surface area (TPSA) is 43.4 Å². The average molecular weight is 272 g/mol. The number of hydrogen-bond donors (Lipinski definition) is 0. The predicted octanol–water partition coefficient (Wildman–Crippen LogP) is 3.57. The van der Waals surface area contributed by atoms with Crippen LogP contribution in [-0.2, 0) is 14.3 Å². The van der Waals surface area contributed by atoms with Crippen LogP contribution in [0.5, 0.6) is 0 Å². The second kappa shape index (κ2) is 3.82. The quantitative estimate of drug-likeness (QED) is 0.436. The fraction of sp³-hybridized carbons (Fsp3) is 1.00. The van der Waals surface area contributed by atoms with Crippen LogP contribution in [0.3, 0.4) is 0 Å². The van der Waals surface area contributed by atoms with E-state index in [1.165, 1.54) is 0 Å². The van der Waals surface area contributed by atoms with Gasteiger partial charge in [0.25, 0.3) is 0 Å². The van der Waals surface area contributed by atoms with E-state index in [-0.39, 0.29) is 0 Å². The molecule has 0 aliphatic carbocycles. The van der Waals surface area contributed by atoms with Gasteiger partial charge in [-0.3, -0.25) is 0 Å². The SMILES string of the molecule is CCC(CC)(OS(C)(=O)=O)P(F)(F)(F)F. The maximum atomic E-state index is 12.7. The van der Waals surface area contributed by atoms with E-state index in [0.717, 1.165) is 13.8 Å². The van der Waals surface area contributed by atoms with Gasteiger partial charge in [-0.15, -0.1) is 0 Å². The van der Waals surface area contributed by atoms with E-state index in [4.69, 9.17) is 0 Å². The molecule has 0 amide bonds. The molecule has 9 heteroatoms. The summed E-state index contributed by atoms with van der Waals surface area (Å²) >= 11 is 0. The van der Waals surface area contributed by atoms with Crippen molar-refractivity contribution in [3.8, 4) is 0 Å². The number of rotatable bonds is 5. The van der Waals surface area contributed by atoms with E-state index >= 15 is 0 Å². The summed E-state index contributed by atoms with van der Waals surface area (Å²) in [4.78, 5) is 0. The second-order valence-corrected chi connectivity index (χ2v) is 6.99. The molecule has 0 aromatic carbocycles. The van der Waals surface area contributed by atoms with Crippen LogP contribution in [0.15, 0.2) is 0 Å². The molecule has 0 rings (SSSR count). The molecule has 0 aromatic heterocycles. The molecular formula is C6H13F4O3PS. The summed E-state index contributed by atoms with van der Waals surface area (Å²) in [5.74, 6) is 0. The zero-order valence-corrected chi connectivity index (χ0v) is 10.2. The third-order valence-corrected chi connectivity index (χ3v) is 4.73. The molecule has 0 radical (unpaired) electrons. The summed E-state index contributed by atoms with van der Waals surface area (Å²) in [6.07, 6.45) is -1.07. The van der Waals surface area contributed by atoms with Crippen molar-refractivity contribution in [1.82, 2.24) is 0 Å². The number of halogens is 4. The molecule has 0 aromatic rings. The summed E-state index contributed by atoms with van der Waals surface area (Å²) in [5, 5.41) is -3.18. The zero-order chi connectivity index (χ0) is 12.6. The first-order chi connectivity index (χ1) is 6.34. The summed E-state index contributed by atoms with van der Waals surface area (Å²) in [6.45, 7) is 2.07. The van der Waals surface area contributed by atoms with E-state index in [0.29, 0.717) is 6.26 Å². The van der Waals surface area contributed by atoms with E-state index in [1.54, 1.807) is 0 Å². The van der Waals surface area contributed by atoms with Crippen molar-refractivity contribution in [2.45, 2.75) is 32.0 Å². The average Bonchev–Trinajstić information content (AvgIpc) is 1.94. The third-order valence-electron chi connectivity index (χ3n) is 2.03. The molecule has 3 nitrogen and oxygen atoms in total. The molecule has 94 valence electrons. The first-order valence-corrected chi connectivity index (χ1v) is 7.75. The van der Waals surface area contributed by atoms with Crippen molar-refractivity contribution >= 4 is 18.0 Å². The van der Waals surface area contributed by atoms with Gasteiger partial charge in [0.05, 0.1) is 0 Å². The predicted molar refractivity (Wildman–Crippen MR) is 50.6 cm³/mol. The fourth-order valence-corrected chi connectivity index (χ4v) is 3.80. The van der Waals surface area contributed by atoms with Crippen molar-refractivity contribution in [2.75, 3.05) is 6.26 Å². The Morgan fingerprint density at radius 2 is 1.47 bits per heavy atom. The molecule has 0 aliphatic heterocycles. The Kier molecular flexibility index (Phi) is 3.83. The zero-order valence-electron chi connectivity index (χ0n) is 8.51. The van der Waals surface area contributed by atoms with Crippen LogP contribution in [0.25, 0.3) is 0 Å². The Labute approximate surface area is 86.3 Å². The van der Waals surface area contributed by atoms with Gasteiger partial charge in [0.2, 0.25) is 0 Å². The maximum absolute atomic E-state index is 12.7. The van der Waals surface area contributed by atoms with E-state index < -0.39 is 36.1 Å². The third kappa shape index (κ3) is 3.53. The second-order valence-electron chi connectivity index (χ2n) is 3.16. The van der Waals surface area contributed by atoms with Crippen LogP contribution in [0.4, 0.5) is 16.8 Å². The Hall–Kier alpha value is 0.0600. The van der Waals surface area contributed by atoms with Gasteiger partial charge < -0.3 is 0 Å². The monoisotopic (exact) mass is 272 g/mol. The molecule has 0 bridgehead atoms. The van der Waals surface area contributed by atoms with Crippen molar-refractivity contribution < 1.29 is 29.4 Å². The van der Waals surface area contributed by atoms with Crippen LogP contribution in [0, 0.1) is 0 Å². The molecule has 0 saturated carbocycles. The normalized spacial score (nSPS) is 17.1. The van der Waals surface area contributed by atoms with E-state index in [2.05, 4.69) is 4.18 Å². The van der Waals surface area contributed by atoms with Crippen LogP contribution >= 0.6 is 7.85 Å². The van der Waals surface area contributed by atoms with Gasteiger partial charge in [0.15, 0.2) is 0 Å². The molecule has 0 unspecified atom stereocenters. The molecule has 0 fully saturated rings. The molecule has 0 N–H and O–H groups in total.